The van der Waals surface area contributed by atoms with Crippen LogP contribution in [0.4, 0.5) is 10.8 Å². The van der Waals surface area contributed by atoms with Gasteiger partial charge in [-0.05, 0) is 23.7 Å². The SMILES string of the molecule is CSc1c(N)nsc1NCCC(=O)NCC(C)C. The van der Waals surface area contributed by atoms with Crippen molar-refractivity contribution < 1.29 is 4.79 Å². The van der Waals surface area contributed by atoms with E-state index >= 15 is 0 Å². The summed E-state index contributed by atoms with van der Waals surface area (Å²) in [6, 6.07) is 0. The van der Waals surface area contributed by atoms with Gasteiger partial charge in [-0.25, -0.2) is 0 Å². The first-order valence-corrected chi connectivity index (χ1v) is 7.84. The summed E-state index contributed by atoms with van der Waals surface area (Å²) in [6.07, 6.45) is 2.42. The van der Waals surface area contributed by atoms with E-state index in [-0.39, 0.29) is 5.91 Å². The molecule has 0 fully saturated rings. The molecule has 0 radical (unpaired) electrons. The molecule has 1 rings (SSSR count). The molecule has 102 valence electrons. The maximum absolute atomic E-state index is 11.5. The first-order valence-electron chi connectivity index (χ1n) is 5.84. The van der Waals surface area contributed by atoms with Gasteiger partial charge in [-0.15, -0.1) is 11.8 Å². The van der Waals surface area contributed by atoms with E-state index in [2.05, 4.69) is 28.9 Å². The first kappa shape index (κ1) is 15.1. The van der Waals surface area contributed by atoms with Gasteiger partial charge in [0, 0.05) is 19.5 Å². The van der Waals surface area contributed by atoms with E-state index in [1.807, 2.05) is 6.26 Å². The van der Waals surface area contributed by atoms with Crippen molar-refractivity contribution in [3.05, 3.63) is 0 Å². The lowest BCUT2D eigenvalue weighted by Gasteiger charge is -2.08. The van der Waals surface area contributed by atoms with Gasteiger partial charge >= 0.3 is 0 Å². The van der Waals surface area contributed by atoms with Crippen LogP contribution < -0.4 is 16.4 Å². The Morgan fingerprint density at radius 2 is 2.28 bits per heavy atom. The Morgan fingerprint density at radius 3 is 2.89 bits per heavy atom. The fourth-order valence-electron chi connectivity index (χ4n) is 1.30. The lowest BCUT2D eigenvalue weighted by molar-refractivity contribution is -0.120. The third kappa shape index (κ3) is 4.73. The summed E-state index contributed by atoms with van der Waals surface area (Å²) in [5.41, 5.74) is 5.72. The minimum absolute atomic E-state index is 0.0689. The quantitative estimate of drug-likeness (QED) is 0.669. The van der Waals surface area contributed by atoms with Crippen LogP contribution in [0.15, 0.2) is 4.90 Å². The largest absolute Gasteiger partial charge is 0.382 e. The van der Waals surface area contributed by atoms with Crippen molar-refractivity contribution in [3.63, 3.8) is 0 Å². The highest BCUT2D eigenvalue weighted by Crippen LogP contribution is 2.34. The molecule has 0 unspecified atom stereocenters. The van der Waals surface area contributed by atoms with Gasteiger partial charge in [0.15, 0.2) is 5.82 Å². The van der Waals surface area contributed by atoms with Crippen molar-refractivity contribution in [1.82, 2.24) is 9.69 Å². The van der Waals surface area contributed by atoms with Gasteiger partial charge in [-0.3, -0.25) is 4.79 Å². The average molecular weight is 288 g/mol. The van der Waals surface area contributed by atoms with Gasteiger partial charge in [0.25, 0.3) is 0 Å². The van der Waals surface area contributed by atoms with E-state index in [1.54, 1.807) is 11.8 Å². The van der Waals surface area contributed by atoms with Crippen molar-refractivity contribution in [2.24, 2.45) is 5.92 Å². The molecule has 0 saturated heterocycles. The monoisotopic (exact) mass is 288 g/mol. The summed E-state index contributed by atoms with van der Waals surface area (Å²) >= 11 is 2.89. The molecule has 0 aromatic carbocycles. The topological polar surface area (TPSA) is 80.0 Å². The number of nitrogens with zero attached hydrogens (tertiary/aromatic N) is 1. The number of aromatic nitrogens is 1. The molecule has 0 aliphatic carbocycles. The average Bonchev–Trinajstić information content (AvgIpc) is 2.67. The summed E-state index contributed by atoms with van der Waals surface area (Å²) in [5.74, 6) is 1.10. The Labute approximate surface area is 116 Å². The number of nitrogens with one attached hydrogen (secondary N) is 2. The number of thioether (sulfide) groups is 1. The van der Waals surface area contributed by atoms with Gasteiger partial charge in [0.05, 0.1) is 4.90 Å². The highest BCUT2D eigenvalue weighted by Gasteiger charge is 2.10. The van der Waals surface area contributed by atoms with Crippen LogP contribution in [0.2, 0.25) is 0 Å². The van der Waals surface area contributed by atoms with Crippen molar-refractivity contribution in [2.45, 2.75) is 25.2 Å². The Bertz CT molecular complexity index is 392. The van der Waals surface area contributed by atoms with Crippen LogP contribution in [0.1, 0.15) is 20.3 Å². The van der Waals surface area contributed by atoms with Gasteiger partial charge in [-0.1, -0.05) is 13.8 Å². The van der Waals surface area contributed by atoms with Crippen LogP contribution in [0, 0.1) is 5.92 Å². The zero-order valence-corrected chi connectivity index (χ0v) is 12.6. The van der Waals surface area contributed by atoms with E-state index in [4.69, 9.17) is 5.73 Å². The second-order valence-corrected chi connectivity index (χ2v) is 5.89. The van der Waals surface area contributed by atoms with Crippen LogP contribution in [0.5, 0.6) is 0 Å². The van der Waals surface area contributed by atoms with Crippen LogP contribution in [0.25, 0.3) is 0 Å². The minimum Gasteiger partial charge on any atom is -0.382 e. The van der Waals surface area contributed by atoms with Crippen LogP contribution in [0.3, 0.4) is 0 Å². The maximum atomic E-state index is 11.5. The maximum Gasteiger partial charge on any atom is 0.221 e. The molecule has 1 amide bonds. The van der Waals surface area contributed by atoms with Crippen LogP contribution in [-0.2, 0) is 4.79 Å². The molecule has 0 bridgehead atoms. The number of anilines is 2. The van der Waals surface area contributed by atoms with Crippen molar-refractivity contribution in [2.75, 3.05) is 30.4 Å². The number of nitrogen functional groups attached to an aromatic ring is 1. The number of nitrogens with two attached hydrogens (primary N) is 1. The summed E-state index contributed by atoms with van der Waals surface area (Å²) in [6.45, 7) is 5.47. The Kier molecular flexibility index (Phi) is 6.28. The van der Waals surface area contributed by atoms with Gasteiger partial charge in [-0.2, -0.15) is 4.37 Å². The summed E-state index contributed by atoms with van der Waals surface area (Å²) in [5, 5.41) is 7.02. The van der Waals surface area contributed by atoms with Crippen LogP contribution >= 0.6 is 23.3 Å². The third-order valence-corrected chi connectivity index (χ3v) is 3.99. The number of amides is 1. The number of carbonyl (C=O) groups excluding carboxylic acids is 1. The molecule has 7 heteroatoms. The van der Waals surface area contributed by atoms with E-state index < -0.39 is 0 Å². The molecule has 1 aromatic rings. The fraction of sp³-hybridized carbons (Fsp3) is 0.636. The molecule has 0 aliphatic rings. The summed E-state index contributed by atoms with van der Waals surface area (Å²) in [4.78, 5) is 12.5. The van der Waals surface area contributed by atoms with Crippen LogP contribution in [-0.4, -0.2) is 29.6 Å². The second-order valence-electron chi connectivity index (χ2n) is 4.30. The second kappa shape index (κ2) is 7.48. The predicted molar refractivity (Wildman–Crippen MR) is 79.3 cm³/mol. The molecule has 1 heterocycles. The van der Waals surface area contributed by atoms with Crippen molar-refractivity contribution in [1.29, 1.82) is 0 Å². The zero-order chi connectivity index (χ0) is 13.5. The normalized spacial score (nSPS) is 10.7. The van der Waals surface area contributed by atoms with E-state index in [0.717, 1.165) is 16.4 Å². The third-order valence-electron chi connectivity index (χ3n) is 2.22. The van der Waals surface area contributed by atoms with Gasteiger partial charge in [0.2, 0.25) is 5.91 Å². The fourth-order valence-corrected chi connectivity index (χ4v) is 2.87. The zero-order valence-electron chi connectivity index (χ0n) is 10.9. The molecular weight excluding hydrogens is 268 g/mol. The predicted octanol–water partition coefficient (Wildman–Crippen LogP) is 2.02. The molecule has 0 saturated carbocycles. The van der Waals surface area contributed by atoms with Gasteiger partial charge in [0.1, 0.15) is 5.00 Å². The molecule has 0 atom stereocenters. The molecule has 4 N–H and O–H groups in total. The van der Waals surface area contributed by atoms with Crippen molar-refractivity contribution in [3.8, 4) is 0 Å². The lowest BCUT2D eigenvalue weighted by Crippen LogP contribution is -2.28. The smallest absolute Gasteiger partial charge is 0.221 e. The number of rotatable bonds is 7. The highest BCUT2D eigenvalue weighted by atomic mass is 32.2. The molecule has 5 nitrogen and oxygen atoms in total. The summed E-state index contributed by atoms with van der Waals surface area (Å²) < 4.78 is 4.08. The Morgan fingerprint density at radius 1 is 1.56 bits per heavy atom. The highest BCUT2D eigenvalue weighted by molar-refractivity contribution is 7.99. The molecule has 1 aromatic heterocycles. The molecule has 18 heavy (non-hydrogen) atoms. The first-order chi connectivity index (χ1) is 8.54. The van der Waals surface area contributed by atoms with E-state index in [1.165, 1.54) is 11.5 Å². The van der Waals surface area contributed by atoms with Gasteiger partial charge < -0.3 is 16.4 Å². The minimum atomic E-state index is 0.0689. The molecule has 0 aliphatic heterocycles. The number of hydrogen-bond acceptors (Lipinski definition) is 6. The molecule has 0 spiro atoms. The lowest BCUT2D eigenvalue weighted by atomic mass is 10.2. The van der Waals surface area contributed by atoms with Crippen molar-refractivity contribution >= 4 is 40.0 Å². The Balaban J connectivity index is 2.31. The van der Waals surface area contributed by atoms with E-state index in [0.29, 0.717) is 24.7 Å². The Hall–Kier alpha value is -0.950. The van der Waals surface area contributed by atoms with E-state index in [9.17, 15) is 4.79 Å². The number of hydrogen-bond donors (Lipinski definition) is 3. The molecular formula is C11H20N4OS2. The standard InChI is InChI=1S/C11H20N4OS2/c1-7(2)6-14-8(16)4-5-13-11-9(17-3)10(12)15-18-11/h7,13H,4-6H2,1-3H3,(H2,12,15)(H,14,16). The number of carbonyl (C=O) groups is 1. The summed E-state index contributed by atoms with van der Waals surface area (Å²) in [7, 11) is 0.